The second-order valence-electron chi connectivity index (χ2n) is 7.89. The largest absolute Gasteiger partial charge is 0.453 e. The highest BCUT2D eigenvalue weighted by Gasteiger charge is 2.35. The van der Waals surface area contributed by atoms with Crippen LogP contribution in [0.25, 0.3) is 0 Å². The lowest BCUT2D eigenvalue weighted by atomic mass is 9.82. The number of ether oxygens (including phenoxy) is 1. The van der Waals surface area contributed by atoms with Crippen LogP contribution in [0.4, 0.5) is 4.79 Å². The van der Waals surface area contributed by atoms with Crippen LogP contribution >= 0.6 is 0 Å². The van der Waals surface area contributed by atoms with E-state index in [4.69, 9.17) is 9.26 Å². The third-order valence-corrected chi connectivity index (χ3v) is 5.09. The maximum absolute atomic E-state index is 12.3. The van der Waals surface area contributed by atoms with E-state index < -0.39 is 0 Å². The van der Waals surface area contributed by atoms with Crippen LogP contribution in [0, 0.1) is 0 Å². The fourth-order valence-corrected chi connectivity index (χ4v) is 3.59. The number of amides is 1. The zero-order chi connectivity index (χ0) is 18.9. The summed E-state index contributed by atoms with van der Waals surface area (Å²) in [6.45, 7) is 7.06. The summed E-state index contributed by atoms with van der Waals surface area (Å²) in [5, 5.41) is 2.36. The number of piperidine rings is 1. The van der Waals surface area contributed by atoms with Crippen molar-refractivity contribution in [1.82, 2.24) is 10.1 Å². The van der Waals surface area contributed by atoms with Gasteiger partial charge in [-0.15, -0.1) is 0 Å². The standard InChI is InChI=1S/C20H26N2O4/c1-20(2,3)15-7-5-6-13(10-15)16-11-14(17-12-18(23)21-26-17)8-9-22(16)19(24)25-4/h5-7,10,12,14,16H,8-9,11H2,1-4H3,(H,21,23)/t14-,16+/m0/s1. The molecule has 1 aromatic carbocycles. The minimum Gasteiger partial charge on any atom is -0.453 e. The minimum atomic E-state index is -0.329. The van der Waals surface area contributed by atoms with Gasteiger partial charge in [-0.25, -0.2) is 4.79 Å². The van der Waals surface area contributed by atoms with Crippen molar-refractivity contribution in [3.05, 3.63) is 57.6 Å². The molecule has 0 aliphatic carbocycles. The molecule has 0 radical (unpaired) electrons. The smallest absolute Gasteiger partial charge is 0.409 e. The van der Waals surface area contributed by atoms with Crippen molar-refractivity contribution >= 4 is 6.09 Å². The monoisotopic (exact) mass is 358 g/mol. The topological polar surface area (TPSA) is 75.5 Å². The van der Waals surface area contributed by atoms with Gasteiger partial charge in [0.05, 0.1) is 13.2 Å². The van der Waals surface area contributed by atoms with Crippen molar-refractivity contribution in [2.75, 3.05) is 13.7 Å². The van der Waals surface area contributed by atoms with Gasteiger partial charge in [0.15, 0.2) is 0 Å². The number of methoxy groups -OCH3 is 1. The second-order valence-corrected chi connectivity index (χ2v) is 7.89. The number of carbonyl (C=O) groups is 1. The molecule has 6 nitrogen and oxygen atoms in total. The summed E-state index contributed by atoms with van der Waals surface area (Å²) in [4.78, 5) is 25.5. The summed E-state index contributed by atoms with van der Waals surface area (Å²) in [5.41, 5.74) is 2.08. The van der Waals surface area contributed by atoms with Crippen LogP contribution in [0.3, 0.4) is 0 Å². The molecule has 1 aliphatic rings. The molecule has 1 aliphatic heterocycles. The van der Waals surface area contributed by atoms with Gasteiger partial charge < -0.3 is 14.2 Å². The molecule has 2 atom stereocenters. The first-order valence-corrected chi connectivity index (χ1v) is 8.93. The summed E-state index contributed by atoms with van der Waals surface area (Å²) in [7, 11) is 1.41. The summed E-state index contributed by atoms with van der Waals surface area (Å²) in [6, 6.07) is 9.73. The number of hydrogen-bond acceptors (Lipinski definition) is 4. The zero-order valence-corrected chi connectivity index (χ0v) is 15.7. The molecule has 1 N–H and O–H groups in total. The number of carbonyl (C=O) groups excluding carboxylic acids is 1. The number of aromatic nitrogens is 1. The van der Waals surface area contributed by atoms with Crippen LogP contribution in [-0.4, -0.2) is 29.8 Å². The Morgan fingerprint density at radius 2 is 2.08 bits per heavy atom. The first kappa shape index (κ1) is 18.3. The predicted molar refractivity (Wildman–Crippen MR) is 98.3 cm³/mol. The molecule has 1 amide bonds. The van der Waals surface area contributed by atoms with E-state index in [0.29, 0.717) is 18.7 Å². The van der Waals surface area contributed by atoms with E-state index in [9.17, 15) is 9.59 Å². The molecule has 140 valence electrons. The molecule has 26 heavy (non-hydrogen) atoms. The van der Waals surface area contributed by atoms with E-state index >= 15 is 0 Å². The van der Waals surface area contributed by atoms with Crippen LogP contribution in [-0.2, 0) is 10.2 Å². The van der Waals surface area contributed by atoms with Gasteiger partial charge in [-0.1, -0.05) is 45.0 Å². The van der Waals surface area contributed by atoms with E-state index in [0.717, 1.165) is 12.0 Å². The maximum Gasteiger partial charge on any atom is 0.409 e. The Balaban J connectivity index is 1.95. The average Bonchev–Trinajstić information content (AvgIpc) is 3.06. The first-order valence-electron chi connectivity index (χ1n) is 8.93. The molecule has 0 unspecified atom stereocenters. The third-order valence-electron chi connectivity index (χ3n) is 5.09. The Morgan fingerprint density at radius 1 is 1.31 bits per heavy atom. The number of nitrogens with one attached hydrogen (secondary N) is 1. The second kappa shape index (κ2) is 7.02. The molecule has 0 spiro atoms. The van der Waals surface area contributed by atoms with E-state index in [-0.39, 0.29) is 29.0 Å². The van der Waals surface area contributed by atoms with E-state index in [1.54, 1.807) is 4.90 Å². The lowest BCUT2D eigenvalue weighted by molar-refractivity contribution is 0.0814. The first-order chi connectivity index (χ1) is 12.3. The van der Waals surface area contributed by atoms with Gasteiger partial charge in [0, 0.05) is 18.5 Å². The summed E-state index contributed by atoms with van der Waals surface area (Å²) in [5.74, 6) is 0.731. The van der Waals surface area contributed by atoms with E-state index in [2.05, 4.69) is 38.1 Å². The van der Waals surface area contributed by atoms with Gasteiger partial charge in [-0.05, 0) is 29.4 Å². The Labute approximate surface area is 153 Å². The van der Waals surface area contributed by atoms with Crippen LogP contribution in [0.2, 0.25) is 0 Å². The van der Waals surface area contributed by atoms with Crippen molar-refractivity contribution in [3.63, 3.8) is 0 Å². The summed E-state index contributed by atoms with van der Waals surface area (Å²) >= 11 is 0. The molecule has 0 saturated carbocycles. The van der Waals surface area contributed by atoms with E-state index in [1.165, 1.54) is 18.7 Å². The van der Waals surface area contributed by atoms with Crippen molar-refractivity contribution in [2.24, 2.45) is 0 Å². The van der Waals surface area contributed by atoms with Crippen LogP contribution < -0.4 is 5.56 Å². The Morgan fingerprint density at radius 3 is 2.69 bits per heavy atom. The van der Waals surface area contributed by atoms with Gasteiger partial charge in [-0.2, -0.15) is 5.16 Å². The van der Waals surface area contributed by atoms with Crippen LogP contribution in [0.15, 0.2) is 39.6 Å². The van der Waals surface area contributed by atoms with E-state index in [1.807, 2.05) is 12.1 Å². The lowest BCUT2D eigenvalue weighted by Gasteiger charge is -2.38. The molecule has 2 aromatic rings. The van der Waals surface area contributed by atoms with Gasteiger partial charge >= 0.3 is 6.09 Å². The molecule has 1 fully saturated rings. The Hall–Kier alpha value is -2.50. The molecular formula is C20H26N2O4. The quantitative estimate of drug-likeness (QED) is 0.882. The number of hydrogen-bond donors (Lipinski definition) is 1. The molecule has 2 heterocycles. The molecule has 1 saturated heterocycles. The van der Waals surface area contributed by atoms with Gasteiger partial charge in [0.2, 0.25) is 0 Å². The predicted octanol–water partition coefficient (Wildman–Crippen LogP) is 3.95. The number of H-pyrrole nitrogens is 1. The zero-order valence-electron chi connectivity index (χ0n) is 15.7. The van der Waals surface area contributed by atoms with Crippen LogP contribution in [0.1, 0.15) is 62.5 Å². The molecule has 0 bridgehead atoms. The van der Waals surface area contributed by atoms with Crippen molar-refractivity contribution < 1.29 is 14.1 Å². The Bertz CT molecular complexity index is 831. The number of aromatic amines is 1. The fraction of sp³-hybridized carbons (Fsp3) is 0.500. The van der Waals surface area contributed by atoms with Crippen LogP contribution in [0.5, 0.6) is 0 Å². The van der Waals surface area contributed by atoms with Gasteiger partial charge in [-0.3, -0.25) is 4.79 Å². The van der Waals surface area contributed by atoms with Gasteiger partial charge in [0.1, 0.15) is 5.76 Å². The molecule has 3 rings (SSSR count). The summed E-state index contributed by atoms with van der Waals surface area (Å²) < 4.78 is 10.3. The fourth-order valence-electron chi connectivity index (χ4n) is 3.59. The molecule has 6 heteroatoms. The highest BCUT2D eigenvalue weighted by atomic mass is 16.5. The third kappa shape index (κ3) is 3.69. The lowest BCUT2D eigenvalue weighted by Crippen LogP contribution is -2.40. The van der Waals surface area contributed by atoms with Crippen molar-refractivity contribution in [1.29, 1.82) is 0 Å². The highest BCUT2D eigenvalue weighted by molar-refractivity contribution is 5.68. The SMILES string of the molecule is COC(=O)N1CC[C@H](c2cc(=O)[nH]o2)C[C@@H]1c1cccc(C(C)(C)C)c1. The van der Waals surface area contributed by atoms with Gasteiger partial charge in [0.25, 0.3) is 5.56 Å². The maximum atomic E-state index is 12.3. The highest BCUT2D eigenvalue weighted by Crippen LogP contribution is 2.40. The Kier molecular flexibility index (Phi) is 4.94. The minimum absolute atomic E-state index is 0.0214. The van der Waals surface area contributed by atoms with Crippen molar-refractivity contribution in [2.45, 2.75) is 51.0 Å². The van der Waals surface area contributed by atoms with Crippen molar-refractivity contribution in [3.8, 4) is 0 Å². The number of likely N-dealkylation sites (tertiary alicyclic amines) is 1. The molecule has 1 aromatic heterocycles. The number of benzene rings is 1. The molecular weight excluding hydrogens is 332 g/mol. The number of rotatable bonds is 2. The number of nitrogens with zero attached hydrogens (tertiary/aromatic N) is 1. The summed E-state index contributed by atoms with van der Waals surface area (Å²) in [6.07, 6.45) is 1.08. The average molecular weight is 358 g/mol. The normalized spacial score (nSPS) is 20.8.